The molecule has 3 heterocycles. The van der Waals surface area contributed by atoms with E-state index >= 15 is 0 Å². The Balaban J connectivity index is 1.63. The molecule has 0 aromatic carbocycles. The Morgan fingerprint density at radius 3 is 2.69 bits per heavy atom. The monoisotopic (exact) mass is 361 g/mol. The van der Waals surface area contributed by atoms with E-state index in [9.17, 15) is 4.79 Å². The average Bonchev–Trinajstić information content (AvgIpc) is 3.25. The van der Waals surface area contributed by atoms with Crippen LogP contribution >= 0.6 is 0 Å². The first kappa shape index (κ1) is 19.4. The predicted molar refractivity (Wildman–Crippen MR) is 104 cm³/mol. The fourth-order valence-corrected chi connectivity index (χ4v) is 4.28. The Kier molecular flexibility index (Phi) is 6.70. The van der Waals surface area contributed by atoms with E-state index in [2.05, 4.69) is 38.5 Å². The maximum Gasteiger partial charge on any atom is 0.224 e. The van der Waals surface area contributed by atoms with E-state index in [1.165, 1.54) is 25.9 Å². The molecule has 26 heavy (non-hydrogen) atoms. The zero-order valence-electron chi connectivity index (χ0n) is 16.7. The Labute approximate surface area is 157 Å². The second-order valence-electron chi connectivity index (χ2n) is 8.59. The Morgan fingerprint density at radius 1 is 1.27 bits per heavy atom. The van der Waals surface area contributed by atoms with Crippen LogP contribution in [0.15, 0.2) is 12.4 Å². The van der Waals surface area contributed by atoms with Crippen LogP contribution in [-0.2, 0) is 18.4 Å². The second-order valence-corrected chi connectivity index (χ2v) is 8.59. The maximum atomic E-state index is 12.7. The highest BCUT2D eigenvalue weighted by Crippen LogP contribution is 2.25. The van der Waals surface area contributed by atoms with Crippen molar-refractivity contribution in [3.8, 4) is 0 Å². The highest BCUT2D eigenvalue weighted by atomic mass is 16.1. The SMILES string of the molecule is CC(C)CNC(=O)[C@@H]1C[C@H](CN2CCCC2)CN(Cc2nccn2C)C1. The minimum Gasteiger partial charge on any atom is -0.356 e. The summed E-state index contributed by atoms with van der Waals surface area (Å²) in [7, 11) is 2.04. The smallest absolute Gasteiger partial charge is 0.224 e. The molecule has 0 aliphatic carbocycles. The van der Waals surface area contributed by atoms with Crippen LogP contribution in [0.25, 0.3) is 0 Å². The molecular weight excluding hydrogens is 326 g/mol. The number of amides is 1. The predicted octanol–water partition coefficient (Wildman–Crippen LogP) is 1.73. The van der Waals surface area contributed by atoms with Gasteiger partial charge in [-0.1, -0.05) is 13.8 Å². The molecule has 6 heteroatoms. The van der Waals surface area contributed by atoms with Gasteiger partial charge in [0.1, 0.15) is 5.82 Å². The fraction of sp³-hybridized carbons (Fsp3) is 0.800. The van der Waals surface area contributed by atoms with Crippen molar-refractivity contribution < 1.29 is 4.79 Å². The first-order valence-electron chi connectivity index (χ1n) is 10.2. The number of carbonyl (C=O) groups is 1. The molecule has 1 aromatic heterocycles. The van der Waals surface area contributed by atoms with E-state index in [4.69, 9.17) is 0 Å². The molecule has 6 nitrogen and oxygen atoms in total. The molecule has 1 amide bonds. The molecule has 3 rings (SSSR count). The fourth-order valence-electron chi connectivity index (χ4n) is 4.28. The van der Waals surface area contributed by atoms with E-state index in [0.29, 0.717) is 11.8 Å². The van der Waals surface area contributed by atoms with Crippen LogP contribution in [0.3, 0.4) is 0 Å². The molecule has 2 atom stereocenters. The molecule has 2 aliphatic heterocycles. The summed E-state index contributed by atoms with van der Waals surface area (Å²) in [4.78, 5) is 22.2. The highest BCUT2D eigenvalue weighted by Gasteiger charge is 2.33. The number of carbonyl (C=O) groups excluding carboxylic acids is 1. The van der Waals surface area contributed by atoms with Gasteiger partial charge in [-0.3, -0.25) is 9.69 Å². The van der Waals surface area contributed by atoms with Gasteiger partial charge in [-0.05, 0) is 44.2 Å². The number of piperidine rings is 1. The number of nitrogens with one attached hydrogen (secondary N) is 1. The topological polar surface area (TPSA) is 53.4 Å². The lowest BCUT2D eigenvalue weighted by molar-refractivity contribution is -0.127. The lowest BCUT2D eigenvalue weighted by Gasteiger charge is -2.38. The summed E-state index contributed by atoms with van der Waals surface area (Å²) in [6, 6.07) is 0. The molecule has 0 saturated carbocycles. The summed E-state index contributed by atoms with van der Waals surface area (Å²) in [5.74, 6) is 2.46. The number of hydrogen-bond acceptors (Lipinski definition) is 4. The third kappa shape index (κ3) is 5.30. The van der Waals surface area contributed by atoms with Gasteiger partial charge in [0.15, 0.2) is 0 Å². The van der Waals surface area contributed by atoms with Crippen LogP contribution in [0.2, 0.25) is 0 Å². The summed E-state index contributed by atoms with van der Waals surface area (Å²) < 4.78 is 2.08. The van der Waals surface area contributed by atoms with Gasteiger partial charge < -0.3 is 14.8 Å². The van der Waals surface area contributed by atoms with Gasteiger partial charge in [0.25, 0.3) is 0 Å². The Hall–Kier alpha value is -1.40. The number of likely N-dealkylation sites (tertiary alicyclic amines) is 2. The van der Waals surface area contributed by atoms with Gasteiger partial charge in [0.05, 0.1) is 12.5 Å². The van der Waals surface area contributed by atoms with Crippen molar-refractivity contribution >= 4 is 5.91 Å². The van der Waals surface area contributed by atoms with Gasteiger partial charge in [0.2, 0.25) is 5.91 Å². The van der Waals surface area contributed by atoms with E-state index in [1.54, 1.807) is 0 Å². The average molecular weight is 362 g/mol. The first-order valence-corrected chi connectivity index (χ1v) is 10.2. The van der Waals surface area contributed by atoms with Crippen molar-refractivity contribution in [1.82, 2.24) is 24.7 Å². The molecule has 0 spiro atoms. The number of hydrogen-bond donors (Lipinski definition) is 1. The molecule has 2 fully saturated rings. The van der Waals surface area contributed by atoms with Crippen LogP contribution in [-0.4, -0.2) is 64.5 Å². The summed E-state index contributed by atoms with van der Waals surface area (Å²) >= 11 is 0. The highest BCUT2D eigenvalue weighted by molar-refractivity contribution is 5.79. The molecule has 2 saturated heterocycles. The minimum absolute atomic E-state index is 0.0929. The van der Waals surface area contributed by atoms with Gasteiger partial charge in [0, 0.05) is 45.6 Å². The maximum absolute atomic E-state index is 12.7. The standard InChI is InChI=1S/C20H35N5O/c1-16(2)11-22-20(26)18-10-17(12-24-7-4-5-8-24)13-25(14-18)15-19-21-6-9-23(19)3/h6,9,16-18H,4-5,7-8,10-15H2,1-3H3,(H,22,26)/t17-,18-/m1/s1. The zero-order valence-corrected chi connectivity index (χ0v) is 16.7. The quantitative estimate of drug-likeness (QED) is 0.804. The molecular formula is C20H35N5O. The van der Waals surface area contributed by atoms with Crippen LogP contribution in [0.1, 0.15) is 38.9 Å². The van der Waals surface area contributed by atoms with Gasteiger partial charge >= 0.3 is 0 Å². The van der Waals surface area contributed by atoms with Crippen molar-refractivity contribution in [3.63, 3.8) is 0 Å². The zero-order chi connectivity index (χ0) is 18.5. The molecule has 146 valence electrons. The summed E-state index contributed by atoms with van der Waals surface area (Å²) in [6.45, 7) is 11.4. The number of rotatable bonds is 7. The number of nitrogens with zero attached hydrogens (tertiary/aromatic N) is 4. The van der Waals surface area contributed by atoms with Crippen LogP contribution in [0.5, 0.6) is 0 Å². The number of aromatic nitrogens is 2. The Morgan fingerprint density at radius 2 is 2.04 bits per heavy atom. The minimum atomic E-state index is 0.0929. The van der Waals surface area contributed by atoms with E-state index in [1.807, 2.05) is 19.4 Å². The van der Waals surface area contributed by atoms with E-state index in [-0.39, 0.29) is 11.8 Å². The third-order valence-electron chi connectivity index (χ3n) is 5.67. The van der Waals surface area contributed by atoms with E-state index in [0.717, 1.165) is 45.0 Å². The van der Waals surface area contributed by atoms with Gasteiger partial charge in [-0.15, -0.1) is 0 Å². The molecule has 2 aliphatic rings. The lowest BCUT2D eigenvalue weighted by Crippen LogP contribution is -2.49. The lowest BCUT2D eigenvalue weighted by atomic mass is 9.88. The molecule has 0 radical (unpaired) electrons. The van der Waals surface area contributed by atoms with Gasteiger partial charge in [-0.25, -0.2) is 4.98 Å². The number of imidazole rings is 1. The second kappa shape index (κ2) is 9.00. The summed E-state index contributed by atoms with van der Waals surface area (Å²) in [6.07, 6.45) is 7.50. The molecule has 1 N–H and O–H groups in total. The molecule has 0 unspecified atom stereocenters. The first-order chi connectivity index (χ1) is 12.5. The normalized spacial score (nSPS) is 25.1. The van der Waals surface area contributed by atoms with Gasteiger partial charge in [-0.2, -0.15) is 0 Å². The van der Waals surface area contributed by atoms with Crippen molar-refractivity contribution in [1.29, 1.82) is 0 Å². The number of aryl methyl sites for hydroxylation is 1. The Bertz CT molecular complexity index is 579. The molecule has 1 aromatic rings. The van der Waals surface area contributed by atoms with Crippen LogP contribution in [0, 0.1) is 17.8 Å². The van der Waals surface area contributed by atoms with Crippen LogP contribution in [0.4, 0.5) is 0 Å². The summed E-state index contributed by atoms with van der Waals surface area (Å²) in [5.41, 5.74) is 0. The summed E-state index contributed by atoms with van der Waals surface area (Å²) in [5, 5.41) is 3.16. The van der Waals surface area contributed by atoms with E-state index < -0.39 is 0 Å². The van der Waals surface area contributed by atoms with Crippen molar-refractivity contribution in [3.05, 3.63) is 18.2 Å². The van der Waals surface area contributed by atoms with Crippen molar-refractivity contribution in [2.45, 2.75) is 39.7 Å². The molecule has 0 bridgehead atoms. The van der Waals surface area contributed by atoms with Crippen molar-refractivity contribution in [2.75, 3.05) is 39.3 Å². The van der Waals surface area contributed by atoms with Crippen molar-refractivity contribution in [2.24, 2.45) is 24.8 Å². The third-order valence-corrected chi connectivity index (χ3v) is 5.67. The largest absolute Gasteiger partial charge is 0.356 e. The van der Waals surface area contributed by atoms with Crippen LogP contribution < -0.4 is 5.32 Å².